The molecule has 0 amide bonds. The molecule has 2 aromatic rings. The van der Waals surface area contributed by atoms with Gasteiger partial charge in [0.1, 0.15) is 11.6 Å². The molecule has 17 heavy (non-hydrogen) atoms. The molecule has 0 aliphatic rings. The zero-order chi connectivity index (χ0) is 12.6. The van der Waals surface area contributed by atoms with Gasteiger partial charge in [-0.15, -0.1) is 0 Å². The van der Waals surface area contributed by atoms with Gasteiger partial charge < -0.3 is 14.4 Å². The third kappa shape index (κ3) is 1.49. The van der Waals surface area contributed by atoms with Gasteiger partial charge in [0.05, 0.1) is 12.6 Å². The third-order valence-electron chi connectivity index (χ3n) is 2.51. The first-order valence-electron chi connectivity index (χ1n) is 4.77. The molecule has 0 aromatic carbocycles. The van der Waals surface area contributed by atoms with Crippen LogP contribution in [0, 0.1) is 11.3 Å². The molecule has 2 aromatic heterocycles. The molecule has 86 valence electrons. The van der Waals surface area contributed by atoms with Crippen molar-refractivity contribution in [2.45, 2.75) is 0 Å². The first kappa shape index (κ1) is 11.0. The molecule has 0 radical (unpaired) electrons. The first-order chi connectivity index (χ1) is 8.10. The smallest absolute Gasteiger partial charge is 0.272 e. The lowest BCUT2D eigenvalue weighted by atomic mass is 10.2. The average molecular weight is 231 g/mol. The standard InChI is InChI=1S/C11H9N3O3/c1-14-7-3-4-8(17-2)13-9(7)10(15)6(5-12)11(14)16/h3-4,15H,1-2H3. The maximum absolute atomic E-state index is 11.7. The van der Waals surface area contributed by atoms with Crippen molar-refractivity contribution in [3.8, 4) is 17.7 Å². The van der Waals surface area contributed by atoms with E-state index in [0.29, 0.717) is 11.4 Å². The maximum atomic E-state index is 11.7. The monoisotopic (exact) mass is 231 g/mol. The predicted molar refractivity (Wildman–Crippen MR) is 59.9 cm³/mol. The summed E-state index contributed by atoms with van der Waals surface area (Å²) >= 11 is 0. The molecule has 1 N–H and O–H groups in total. The van der Waals surface area contributed by atoms with Crippen molar-refractivity contribution < 1.29 is 9.84 Å². The number of pyridine rings is 2. The molecule has 6 heteroatoms. The molecule has 0 atom stereocenters. The third-order valence-corrected chi connectivity index (χ3v) is 2.51. The van der Waals surface area contributed by atoms with Crippen LogP contribution in [0.15, 0.2) is 16.9 Å². The van der Waals surface area contributed by atoms with Crippen LogP contribution < -0.4 is 10.3 Å². The highest BCUT2D eigenvalue weighted by Gasteiger charge is 2.15. The molecule has 0 saturated carbocycles. The molecule has 0 fully saturated rings. The van der Waals surface area contributed by atoms with Gasteiger partial charge >= 0.3 is 0 Å². The summed E-state index contributed by atoms with van der Waals surface area (Å²) in [5.74, 6) is -0.111. The van der Waals surface area contributed by atoms with Gasteiger partial charge in [0, 0.05) is 13.1 Å². The number of fused-ring (bicyclic) bond motifs is 1. The molecular weight excluding hydrogens is 222 g/mol. The number of hydrogen-bond donors (Lipinski definition) is 1. The Bertz CT molecular complexity index is 698. The van der Waals surface area contributed by atoms with Crippen LogP contribution in [0.5, 0.6) is 11.6 Å². The van der Waals surface area contributed by atoms with Gasteiger partial charge in [-0.05, 0) is 6.07 Å². The number of hydrogen-bond acceptors (Lipinski definition) is 5. The Hall–Kier alpha value is -2.55. The molecule has 0 saturated heterocycles. The quantitative estimate of drug-likeness (QED) is 0.772. The number of nitrogens with zero attached hydrogens (tertiary/aromatic N) is 3. The summed E-state index contributed by atoms with van der Waals surface area (Å²) in [5.41, 5.74) is -0.263. The topological polar surface area (TPSA) is 88.1 Å². The molecule has 0 aliphatic carbocycles. The molecule has 0 spiro atoms. The summed E-state index contributed by atoms with van der Waals surface area (Å²) in [7, 11) is 2.96. The van der Waals surface area contributed by atoms with E-state index in [2.05, 4.69) is 4.98 Å². The van der Waals surface area contributed by atoms with Crippen LogP contribution in [0.25, 0.3) is 11.0 Å². The van der Waals surface area contributed by atoms with E-state index in [-0.39, 0.29) is 11.1 Å². The van der Waals surface area contributed by atoms with Crippen LogP contribution >= 0.6 is 0 Å². The van der Waals surface area contributed by atoms with Crippen molar-refractivity contribution >= 4 is 11.0 Å². The van der Waals surface area contributed by atoms with E-state index in [1.54, 1.807) is 18.2 Å². The molecule has 0 unspecified atom stereocenters. The van der Waals surface area contributed by atoms with Crippen LogP contribution in [0.3, 0.4) is 0 Å². The number of aromatic hydroxyl groups is 1. The SMILES string of the molecule is COc1ccc2c(n1)c(O)c(C#N)c(=O)n2C. The maximum Gasteiger partial charge on any atom is 0.272 e. The van der Waals surface area contributed by atoms with Crippen molar-refractivity contribution in [2.24, 2.45) is 7.05 Å². The van der Waals surface area contributed by atoms with Crippen LogP contribution in [-0.4, -0.2) is 21.8 Å². The molecule has 0 bridgehead atoms. The van der Waals surface area contributed by atoms with E-state index in [4.69, 9.17) is 10.00 Å². The second-order valence-electron chi connectivity index (χ2n) is 3.42. The number of nitriles is 1. The molecule has 2 rings (SSSR count). The minimum atomic E-state index is -0.551. The normalized spacial score (nSPS) is 10.2. The Labute approximate surface area is 96.3 Å². The summed E-state index contributed by atoms with van der Waals surface area (Å²) < 4.78 is 6.19. The zero-order valence-corrected chi connectivity index (χ0v) is 9.26. The summed E-state index contributed by atoms with van der Waals surface area (Å²) in [6.45, 7) is 0. The second kappa shape index (κ2) is 3.79. The van der Waals surface area contributed by atoms with E-state index in [0.717, 1.165) is 0 Å². The van der Waals surface area contributed by atoms with Crippen molar-refractivity contribution in [3.05, 3.63) is 28.0 Å². The average Bonchev–Trinajstić information content (AvgIpc) is 2.36. The highest BCUT2D eigenvalue weighted by atomic mass is 16.5. The van der Waals surface area contributed by atoms with Crippen LogP contribution in [0.4, 0.5) is 0 Å². The lowest BCUT2D eigenvalue weighted by molar-refractivity contribution is 0.398. The van der Waals surface area contributed by atoms with Crippen molar-refractivity contribution in [1.82, 2.24) is 9.55 Å². The summed E-state index contributed by atoms with van der Waals surface area (Å²) in [4.78, 5) is 15.7. The van der Waals surface area contributed by atoms with Gasteiger partial charge in [-0.1, -0.05) is 0 Å². The van der Waals surface area contributed by atoms with E-state index in [9.17, 15) is 9.90 Å². The Balaban J connectivity index is 3.00. The molecular formula is C11H9N3O3. The summed E-state index contributed by atoms with van der Waals surface area (Å²) in [6, 6.07) is 4.85. The molecule has 6 nitrogen and oxygen atoms in total. The van der Waals surface area contributed by atoms with Crippen molar-refractivity contribution in [1.29, 1.82) is 5.26 Å². The fourth-order valence-electron chi connectivity index (χ4n) is 1.59. The zero-order valence-electron chi connectivity index (χ0n) is 9.26. The highest BCUT2D eigenvalue weighted by Crippen LogP contribution is 2.25. The van der Waals surface area contributed by atoms with Gasteiger partial charge in [-0.25, -0.2) is 4.98 Å². The number of rotatable bonds is 1. The summed E-state index contributed by atoms with van der Waals surface area (Å²) in [5, 5.41) is 18.6. The number of methoxy groups -OCH3 is 1. The molecule has 0 aliphatic heterocycles. The lowest BCUT2D eigenvalue weighted by Crippen LogP contribution is -2.20. The van der Waals surface area contributed by atoms with E-state index >= 15 is 0 Å². The Morgan fingerprint density at radius 2 is 2.24 bits per heavy atom. The first-order valence-corrected chi connectivity index (χ1v) is 4.77. The predicted octanol–water partition coefficient (Wildman–Crippen LogP) is 0.519. The fourth-order valence-corrected chi connectivity index (χ4v) is 1.59. The van der Waals surface area contributed by atoms with Crippen molar-refractivity contribution in [2.75, 3.05) is 7.11 Å². The number of ether oxygens (including phenoxy) is 1. The minimum Gasteiger partial charge on any atom is -0.504 e. The lowest BCUT2D eigenvalue weighted by Gasteiger charge is -2.08. The van der Waals surface area contributed by atoms with Crippen LogP contribution in [0.1, 0.15) is 5.56 Å². The Kier molecular flexibility index (Phi) is 2.44. The second-order valence-corrected chi connectivity index (χ2v) is 3.42. The van der Waals surface area contributed by atoms with Gasteiger partial charge in [-0.3, -0.25) is 4.79 Å². The Morgan fingerprint density at radius 3 is 2.82 bits per heavy atom. The van der Waals surface area contributed by atoms with Gasteiger partial charge in [0.2, 0.25) is 5.88 Å². The van der Waals surface area contributed by atoms with Gasteiger partial charge in [0.25, 0.3) is 5.56 Å². The number of aryl methyl sites for hydroxylation is 1. The largest absolute Gasteiger partial charge is 0.504 e. The fraction of sp³-hybridized carbons (Fsp3) is 0.182. The van der Waals surface area contributed by atoms with Crippen LogP contribution in [0.2, 0.25) is 0 Å². The van der Waals surface area contributed by atoms with Gasteiger partial charge in [-0.2, -0.15) is 5.26 Å². The van der Waals surface area contributed by atoms with E-state index < -0.39 is 11.3 Å². The Morgan fingerprint density at radius 1 is 1.53 bits per heavy atom. The summed E-state index contributed by atoms with van der Waals surface area (Å²) in [6.07, 6.45) is 0. The minimum absolute atomic E-state index is 0.169. The number of aromatic nitrogens is 2. The van der Waals surface area contributed by atoms with E-state index in [1.807, 2.05) is 0 Å². The highest BCUT2D eigenvalue weighted by molar-refractivity contribution is 5.83. The van der Waals surface area contributed by atoms with Gasteiger partial charge in [0.15, 0.2) is 11.3 Å². The van der Waals surface area contributed by atoms with Crippen molar-refractivity contribution in [3.63, 3.8) is 0 Å². The molecule has 2 heterocycles. The van der Waals surface area contributed by atoms with E-state index in [1.165, 1.54) is 18.7 Å². The van der Waals surface area contributed by atoms with Crippen LogP contribution in [-0.2, 0) is 7.05 Å².